The number of allylic oxidation sites excluding steroid dienone is 11. The highest BCUT2D eigenvalue weighted by Gasteiger charge is 2.17. The van der Waals surface area contributed by atoms with Crippen LogP contribution in [0.15, 0.2) is 72.9 Å². The van der Waals surface area contributed by atoms with Crippen LogP contribution in [0.2, 0.25) is 0 Å². The van der Waals surface area contributed by atoms with E-state index < -0.39 is 12.1 Å². The molecule has 0 saturated carbocycles. The molecule has 0 heterocycles. The molecule has 0 aromatic carbocycles. The Morgan fingerprint density at radius 2 is 0.917 bits per heavy atom. The summed E-state index contributed by atoms with van der Waals surface area (Å²) in [5.74, 6) is -0.123. The fourth-order valence-corrected chi connectivity index (χ4v) is 5.62. The fourth-order valence-electron chi connectivity index (χ4n) is 5.62. The SMILES string of the molecule is CC/C=C\C/C=C\C/C=C\C/C=C\C/C=C\CCCC(=O)NC(CO)C(O)/C=C/CCCCCCCCCCCCCCCCCCC. The summed E-state index contributed by atoms with van der Waals surface area (Å²) in [5.41, 5.74) is 0. The van der Waals surface area contributed by atoms with Gasteiger partial charge in [-0.25, -0.2) is 0 Å². The summed E-state index contributed by atoms with van der Waals surface area (Å²) in [6.45, 7) is 4.16. The largest absolute Gasteiger partial charge is 0.394 e. The molecule has 0 aromatic rings. The van der Waals surface area contributed by atoms with Gasteiger partial charge in [-0.05, 0) is 57.8 Å². The second kappa shape index (κ2) is 39.3. The minimum absolute atomic E-state index is 0.123. The predicted octanol–water partition coefficient (Wildman–Crippen LogP) is 12.3. The molecule has 0 aromatic heterocycles. The molecular formula is C44H77NO3. The highest BCUT2D eigenvalue weighted by atomic mass is 16.3. The number of aliphatic hydroxyl groups excluding tert-OH is 2. The molecule has 0 saturated heterocycles. The van der Waals surface area contributed by atoms with E-state index in [4.69, 9.17) is 0 Å². The first-order valence-corrected chi connectivity index (χ1v) is 20.2. The van der Waals surface area contributed by atoms with Crippen molar-refractivity contribution in [3.8, 4) is 0 Å². The molecule has 1 amide bonds. The molecule has 3 N–H and O–H groups in total. The highest BCUT2D eigenvalue weighted by Crippen LogP contribution is 2.14. The van der Waals surface area contributed by atoms with Crippen molar-refractivity contribution in [1.82, 2.24) is 5.32 Å². The maximum atomic E-state index is 12.3. The van der Waals surface area contributed by atoms with Crippen LogP contribution in [-0.2, 0) is 4.79 Å². The summed E-state index contributed by atoms with van der Waals surface area (Å²) in [5, 5.41) is 22.9. The number of amides is 1. The van der Waals surface area contributed by atoms with Gasteiger partial charge in [-0.15, -0.1) is 0 Å². The summed E-state index contributed by atoms with van der Waals surface area (Å²) in [6, 6.07) is -0.655. The van der Waals surface area contributed by atoms with Crippen LogP contribution in [0.3, 0.4) is 0 Å². The zero-order valence-electron chi connectivity index (χ0n) is 31.5. The lowest BCUT2D eigenvalue weighted by atomic mass is 10.0. The molecule has 2 atom stereocenters. The first kappa shape index (κ1) is 45.8. The monoisotopic (exact) mass is 668 g/mol. The summed E-state index contributed by atoms with van der Waals surface area (Å²) in [6.07, 6.45) is 55.7. The molecule has 0 aliphatic rings. The van der Waals surface area contributed by atoms with Gasteiger partial charge in [-0.3, -0.25) is 4.79 Å². The summed E-state index contributed by atoms with van der Waals surface area (Å²) in [7, 11) is 0. The van der Waals surface area contributed by atoms with E-state index in [-0.39, 0.29) is 12.5 Å². The molecule has 0 radical (unpaired) electrons. The minimum Gasteiger partial charge on any atom is -0.394 e. The quantitative estimate of drug-likeness (QED) is 0.0465. The van der Waals surface area contributed by atoms with Crippen molar-refractivity contribution in [2.75, 3.05) is 6.61 Å². The highest BCUT2D eigenvalue weighted by molar-refractivity contribution is 5.76. The van der Waals surface area contributed by atoms with Crippen molar-refractivity contribution in [2.45, 2.75) is 193 Å². The van der Waals surface area contributed by atoms with Crippen LogP contribution in [0.25, 0.3) is 0 Å². The average molecular weight is 668 g/mol. The lowest BCUT2D eigenvalue weighted by Gasteiger charge is -2.19. The number of aliphatic hydroxyl groups is 2. The molecular weight excluding hydrogens is 590 g/mol. The maximum Gasteiger partial charge on any atom is 0.220 e. The molecule has 4 heteroatoms. The van der Waals surface area contributed by atoms with Gasteiger partial charge in [0.1, 0.15) is 0 Å². The third-order valence-electron chi connectivity index (χ3n) is 8.70. The van der Waals surface area contributed by atoms with Gasteiger partial charge < -0.3 is 15.5 Å². The summed E-state index contributed by atoms with van der Waals surface area (Å²) < 4.78 is 0. The molecule has 0 spiro atoms. The van der Waals surface area contributed by atoms with Gasteiger partial charge in [0.2, 0.25) is 5.91 Å². The van der Waals surface area contributed by atoms with E-state index in [1.54, 1.807) is 6.08 Å². The van der Waals surface area contributed by atoms with Gasteiger partial charge in [-0.2, -0.15) is 0 Å². The average Bonchev–Trinajstić information content (AvgIpc) is 3.09. The second-order valence-corrected chi connectivity index (χ2v) is 13.3. The maximum absolute atomic E-state index is 12.3. The lowest BCUT2D eigenvalue weighted by molar-refractivity contribution is -0.122. The summed E-state index contributed by atoms with van der Waals surface area (Å²) >= 11 is 0. The Labute approximate surface area is 298 Å². The Morgan fingerprint density at radius 3 is 1.35 bits per heavy atom. The van der Waals surface area contributed by atoms with E-state index in [0.29, 0.717) is 6.42 Å². The van der Waals surface area contributed by atoms with Gasteiger partial charge >= 0.3 is 0 Å². The van der Waals surface area contributed by atoms with Gasteiger partial charge in [0.05, 0.1) is 18.8 Å². The number of hydrogen-bond donors (Lipinski definition) is 3. The number of carbonyl (C=O) groups is 1. The molecule has 0 fully saturated rings. The van der Waals surface area contributed by atoms with Gasteiger partial charge in [0.15, 0.2) is 0 Å². The van der Waals surface area contributed by atoms with Crippen LogP contribution in [0.1, 0.15) is 181 Å². The Kier molecular flexibility index (Phi) is 37.5. The van der Waals surface area contributed by atoms with Crippen molar-refractivity contribution < 1.29 is 15.0 Å². The smallest absolute Gasteiger partial charge is 0.220 e. The Hall–Kier alpha value is -2.17. The van der Waals surface area contributed by atoms with Crippen molar-refractivity contribution in [2.24, 2.45) is 0 Å². The van der Waals surface area contributed by atoms with Crippen LogP contribution in [0.4, 0.5) is 0 Å². The van der Waals surface area contributed by atoms with E-state index in [9.17, 15) is 15.0 Å². The van der Waals surface area contributed by atoms with Crippen molar-refractivity contribution in [1.29, 1.82) is 0 Å². The number of carbonyl (C=O) groups excluding carboxylic acids is 1. The van der Waals surface area contributed by atoms with Crippen LogP contribution in [0.5, 0.6) is 0 Å². The fraction of sp³-hybridized carbons (Fsp3) is 0.705. The molecule has 4 nitrogen and oxygen atoms in total. The van der Waals surface area contributed by atoms with Crippen LogP contribution >= 0.6 is 0 Å². The summed E-state index contributed by atoms with van der Waals surface area (Å²) in [4.78, 5) is 12.3. The predicted molar refractivity (Wildman–Crippen MR) is 211 cm³/mol. The topological polar surface area (TPSA) is 69.6 Å². The normalized spacial score (nSPS) is 13.8. The number of hydrogen-bond acceptors (Lipinski definition) is 3. The Balaban J connectivity index is 3.71. The third-order valence-corrected chi connectivity index (χ3v) is 8.70. The molecule has 2 unspecified atom stereocenters. The van der Waals surface area contributed by atoms with E-state index >= 15 is 0 Å². The van der Waals surface area contributed by atoms with E-state index in [0.717, 1.165) is 57.8 Å². The molecule has 0 aliphatic carbocycles. The lowest BCUT2D eigenvalue weighted by Crippen LogP contribution is -2.45. The number of rotatable bonds is 35. The van der Waals surface area contributed by atoms with Crippen molar-refractivity contribution in [3.05, 3.63) is 72.9 Å². The van der Waals surface area contributed by atoms with E-state index in [1.807, 2.05) is 6.08 Å². The Bertz CT molecular complexity index is 853. The first-order valence-electron chi connectivity index (χ1n) is 20.2. The number of nitrogens with one attached hydrogen (secondary N) is 1. The van der Waals surface area contributed by atoms with Gasteiger partial charge in [0.25, 0.3) is 0 Å². The molecule has 0 rings (SSSR count). The van der Waals surface area contributed by atoms with Crippen LogP contribution < -0.4 is 5.32 Å². The van der Waals surface area contributed by atoms with Crippen molar-refractivity contribution in [3.63, 3.8) is 0 Å². The van der Waals surface area contributed by atoms with Gasteiger partial charge in [0, 0.05) is 6.42 Å². The van der Waals surface area contributed by atoms with Crippen LogP contribution in [0, 0.1) is 0 Å². The standard InChI is InChI=1S/C44H77NO3/c1-3-5-7-9-11-13-15-17-19-21-22-24-25-27-29-31-33-35-37-39-43(47)42(41-46)45-44(48)40-38-36-34-32-30-28-26-23-20-18-16-14-12-10-8-6-4-2/h6,8,12,14,18,20,26,28,32,34,37,39,42-43,46-47H,3-5,7,9-11,13,15-17,19,21-25,27,29-31,33,35-36,38,40-41H2,1-2H3,(H,45,48)/b8-6-,14-12-,20-18-,28-26-,34-32-,39-37+. The Morgan fingerprint density at radius 1 is 0.521 bits per heavy atom. The zero-order chi connectivity index (χ0) is 35.0. The zero-order valence-corrected chi connectivity index (χ0v) is 31.5. The van der Waals surface area contributed by atoms with E-state index in [2.05, 4.69) is 79.9 Å². The molecule has 0 bridgehead atoms. The molecule has 276 valence electrons. The van der Waals surface area contributed by atoms with E-state index in [1.165, 1.54) is 103 Å². The third kappa shape index (κ3) is 35.1. The molecule has 0 aliphatic heterocycles. The second-order valence-electron chi connectivity index (χ2n) is 13.3. The first-order chi connectivity index (χ1) is 23.7. The van der Waals surface area contributed by atoms with Gasteiger partial charge in [-0.1, -0.05) is 189 Å². The number of unbranched alkanes of at least 4 members (excludes halogenated alkanes) is 18. The molecule has 48 heavy (non-hydrogen) atoms. The van der Waals surface area contributed by atoms with Crippen LogP contribution in [-0.4, -0.2) is 34.9 Å². The van der Waals surface area contributed by atoms with Crippen molar-refractivity contribution >= 4 is 5.91 Å². The minimum atomic E-state index is -0.865.